The van der Waals surface area contributed by atoms with E-state index in [-0.39, 0.29) is 0 Å². The maximum absolute atomic E-state index is 4.81. The Morgan fingerprint density at radius 2 is 1.95 bits per heavy atom. The Balaban J connectivity index is 4.75. The number of aliphatic imine (C=N–C) groups is 1. The van der Waals surface area contributed by atoms with E-state index in [1.807, 2.05) is 19.9 Å². The van der Waals surface area contributed by atoms with Crippen molar-refractivity contribution in [2.24, 2.45) is 10.9 Å². The largest absolute Gasteiger partial charge is 0.290 e. The van der Waals surface area contributed by atoms with Crippen molar-refractivity contribution in [3.63, 3.8) is 0 Å². The summed E-state index contributed by atoms with van der Waals surface area (Å²) in [5.74, 6) is 0.516. The van der Waals surface area contributed by atoms with Gasteiger partial charge in [-0.15, -0.1) is 0 Å². The van der Waals surface area contributed by atoms with Crippen LogP contribution in [0.3, 0.4) is 0 Å². The van der Waals surface area contributed by atoms with Crippen molar-refractivity contribution in [2.75, 3.05) is 6.54 Å². The molecule has 0 amide bonds. The predicted octanol–water partition coefficient (Wildman–Crippen LogP) is 6.21. The van der Waals surface area contributed by atoms with Gasteiger partial charge in [0.05, 0.1) is 6.54 Å². The fourth-order valence-electron chi connectivity index (χ4n) is 2.21. The first-order valence-corrected chi connectivity index (χ1v) is 8.79. The van der Waals surface area contributed by atoms with Gasteiger partial charge in [0.1, 0.15) is 0 Å². The van der Waals surface area contributed by atoms with E-state index in [0.717, 1.165) is 31.4 Å². The van der Waals surface area contributed by atoms with Gasteiger partial charge in [-0.25, -0.2) is 0 Å². The number of nitrogens with zero attached hydrogens (tertiary/aromatic N) is 1. The molecule has 0 aliphatic heterocycles. The maximum atomic E-state index is 4.81. The third-order valence-corrected chi connectivity index (χ3v) is 4.11. The highest BCUT2D eigenvalue weighted by Gasteiger charge is 2.13. The molecule has 2 unspecified atom stereocenters. The summed E-state index contributed by atoms with van der Waals surface area (Å²) in [6.07, 6.45) is 13.7. The molecular weight excluding hydrogens is 286 g/mol. The fourth-order valence-corrected chi connectivity index (χ4v) is 2.64. The molecule has 0 aromatic heterocycles. The zero-order valence-corrected chi connectivity index (χ0v) is 15.9. The second kappa shape index (κ2) is 12.5. The van der Waals surface area contributed by atoms with Crippen LogP contribution in [0.5, 0.6) is 0 Å². The van der Waals surface area contributed by atoms with E-state index in [9.17, 15) is 0 Å². The molecule has 0 spiro atoms. The van der Waals surface area contributed by atoms with E-state index in [1.165, 1.54) is 11.3 Å². The van der Waals surface area contributed by atoms with Gasteiger partial charge < -0.3 is 0 Å². The van der Waals surface area contributed by atoms with Gasteiger partial charge in [0, 0.05) is 11.0 Å². The van der Waals surface area contributed by atoms with Gasteiger partial charge in [0.15, 0.2) is 0 Å². The van der Waals surface area contributed by atoms with Gasteiger partial charge in [0.25, 0.3) is 0 Å². The monoisotopic (exact) mass is 319 g/mol. The molecule has 22 heavy (non-hydrogen) atoms. The average molecular weight is 320 g/mol. The van der Waals surface area contributed by atoms with E-state index in [4.69, 9.17) is 4.99 Å². The first-order valence-electron chi connectivity index (χ1n) is 8.27. The van der Waals surface area contributed by atoms with E-state index >= 15 is 0 Å². The number of hydrogen-bond acceptors (Lipinski definition) is 2. The van der Waals surface area contributed by atoms with Gasteiger partial charge in [0.2, 0.25) is 0 Å². The van der Waals surface area contributed by atoms with Crippen molar-refractivity contribution in [1.29, 1.82) is 0 Å². The van der Waals surface area contributed by atoms with Crippen molar-refractivity contribution in [2.45, 2.75) is 59.1 Å². The minimum atomic E-state index is 0.319. The molecule has 0 fully saturated rings. The molecule has 0 radical (unpaired) electrons. The molecule has 1 nitrogen and oxygen atoms in total. The van der Waals surface area contributed by atoms with Gasteiger partial charge in [-0.3, -0.25) is 4.99 Å². The Bertz CT molecular complexity index is 441. The Morgan fingerprint density at radius 3 is 2.45 bits per heavy atom. The van der Waals surface area contributed by atoms with Crippen LogP contribution in [0.4, 0.5) is 0 Å². The molecule has 0 N–H and O–H groups in total. The molecule has 2 atom stereocenters. The van der Waals surface area contributed by atoms with Gasteiger partial charge in [-0.05, 0) is 51.5 Å². The molecule has 0 aromatic rings. The number of hydrogen-bond donors (Lipinski definition) is 1. The third kappa shape index (κ3) is 9.83. The lowest BCUT2D eigenvalue weighted by Gasteiger charge is -2.17. The second-order valence-corrected chi connectivity index (χ2v) is 6.44. The highest BCUT2D eigenvalue weighted by molar-refractivity contribution is 7.81. The topological polar surface area (TPSA) is 12.4 Å². The highest BCUT2D eigenvalue weighted by Crippen LogP contribution is 2.18. The molecule has 2 heteroatoms. The van der Waals surface area contributed by atoms with Crippen LogP contribution in [0.2, 0.25) is 0 Å². The summed E-state index contributed by atoms with van der Waals surface area (Å²) in [4.78, 5) is 4.81. The average Bonchev–Trinajstić information content (AvgIpc) is 2.47. The molecule has 0 saturated carbocycles. The van der Waals surface area contributed by atoms with Gasteiger partial charge >= 0.3 is 0 Å². The fraction of sp³-hybridized carbons (Fsp3) is 0.550. The molecule has 0 aliphatic rings. The summed E-state index contributed by atoms with van der Waals surface area (Å²) in [6.45, 7) is 15.3. The zero-order chi connectivity index (χ0) is 17.0. The van der Waals surface area contributed by atoms with Crippen LogP contribution >= 0.6 is 12.6 Å². The molecular formula is C20H33NS. The summed E-state index contributed by atoms with van der Waals surface area (Å²) < 4.78 is 0. The van der Waals surface area contributed by atoms with Crippen molar-refractivity contribution >= 4 is 18.3 Å². The molecule has 0 saturated heterocycles. The summed E-state index contributed by atoms with van der Waals surface area (Å²) in [6, 6.07) is 0. The summed E-state index contributed by atoms with van der Waals surface area (Å²) in [5, 5.41) is 0.319. The van der Waals surface area contributed by atoms with Crippen LogP contribution in [0.25, 0.3) is 0 Å². The molecule has 0 aromatic carbocycles. The van der Waals surface area contributed by atoms with Gasteiger partial charge in [-0.1, -0.05) is 56.4 Å². The van der Waals surface area contributed by atoms with E-state index < -0.39 is 0 Å². The standard InChI is InChI=1S/C20H33NS/c1-7-11-20(22)14-19(9-3)17(6)21-15-18(8-2)13-10-12-16(4)5/h7,10-13,19-20,22H,4,8-9,14-15H2,1-3,5-6H3/b11-7+,12-10-,18-13-,21-17?. The van der Waals surface area contributed by atoms with Crippen LogP contribution in [0.15, 0.2) is 53.1 Å². The first-order chi connectivity index (χ1) is 10.4. The van der Waals surface area contributed by atoms with Gasteiger partial charge in [-0.2, -0.15) is 12.6 Å². The first kappa shape index (κ1) is 21.0. The minimum Gasteiger partial charge on any atom is -0.290 e. The zero-order valence-electron chi connectivity index (χ0n) is 15.0. The lowest BCUT2D eigenvalue weighted by Crippen LogP contribution is -2.15. The quantitative estimate of drug-likeness (QED) is 0.213. The Kier molecular flexibility index (Phi) is 11.9. The molecule has 0 aliphatic carbocycles. The third-order valence-electron chi connectivity index (χ3n) is 3.72. The number of thiol groups is 1. The Hall–Kier alpha value is -1.02. The molecule has 0 rings (SSSR count). The predicted molar refractivity (Wildman–Crippen MR) is 106 cm³/mol. The van der Waals surface area contributed by atoms with Crippen LogP contribution in [0, 0.1) is 5.92 Å². The van der Waals surface area contributed by atoms with Crippen LogP contribution in [0.1, 0.15) is 53.9 Å². The summed E-state index contributed by atoms with van der Waals surface area (Å²) in [5.41, 5.74) is 3.66. The summed E-state index contributed by atoms with van der Waals surface area (Å²) in [7, 11) is 0. The smallest absolute Gasteiger partial charge is 0.0601 e. The second-order valence-electron chi connectivity index (χ2n) is 5.78. The van der Waals surface area contributed by atoms with E-state index in [2.05, 4.69) is 64.3 Å². The Morgan fingerprint density at radius 1 is 1.27 bits per heavy atom. The van der Waals surface area contributed by atoms with Crippen molar-refractivity contribution in [1.82, 2.24) is 0 Å². The van der Waals surface area contributed by atoms with Crippen LogP contribution < -0.4 is 0 Å². The maximum Gasteiger partial charge on any atom is 0.0601 e. The van der Waals surface area contributed by atoms with Crippen molar-refractivity contribution < 1.29 is 0 Å². The Labute approximate surface area is 143 Å². The number of allylic oxidation sites excluding steroid dienone is 5. The van der Waals surface area contributed by atoms with Crippen molar-refractivity contribution in [3.8, 4) is 0 Å². The minimum absolute atomic E-state index is 0.319. The summed E-state index contributed by atoms with van der Waals surface area (Å²) >= 11 is 4.62. The molecule has 0 bridgehead atoms. The molecule has 124 valence electrons. The van der Waals surface area contributed by atoms with Crippen LogP contribution in [-0.2, 0) is 0 Å². The lowest BCUT2D eigenvalue weighted by atomic mass is 9.95. The highest BCUT2D eigenvalue weighted by atomic mass is 32.1. The lowest BCUT2D eigenvalue weighted by molar-refractivity contribution is 0.616. The number of rotatable bonds is 10. The SMILES string of the molecule is C=C(C)/C=C\C=C(\CC)CN=C(C)C(CC)CC(S)/C=C/C. The molecule has 0 heterocycles. The van der Waals surface area contributed by atoms with E-state index in [1.54, 1.807) is 0 Å². The van der Waals surface area contributed by atoms with E-state index in [0.29, 0.717) is 11.2 Å². The van der Waals surface area contributed by atoms with Crippen molar-refractivity contribution in [3.05, 3.63) is 48.1 Å². The normalized spacial score (nSPS) is 16.5. The van der Waals surface area contributed by atoms with Crippen LogP contribution in [-0.4, -0.2) is 17.5 Å².